The van der Waals surface area contributed by atoms with Crippen LogP contribution in [0.5, 0.6) is 5.75 Å². The molecule has 4 rings (SSSR count). The minimum atomic E-state index is -3.71. The molecule has 3 aromatic rings. The Hall–Kier alpha value is -3.20. The number of methoxy groups -OCH3 is 1. The van der Waals surface area contributed by atoms with E-state index in [-0.39, 0.29) is 28.7 Å². The fourth-order valence-corrected chi connectivity index (χ4v) is 5.67. The Kier molecular flexibility index (Phi) is 8.17. The van der Waals surface area contributed by atoms with E-state index in [1.165, 1.54) is 19.2 Å². The zero-order chi connectivity index (χ0) is 24.7. The highest BCUT2D eigenvalue weighted by atomic mass is 32.2. The Bertz CT molecular complexity index is 1160. The van der Waals surface area contributed by atoms with Crippen molar-refractivity contribution >= 4 is 15.9 Å². The van der Waals surface area contributed by atoms with E-state index < -0.39 is 10.0 Å². The van der Waals surface area contributed by atoms with E-state index in [9.17, 15) is 13.2 Å². The third kappa shape index (κ3) is 6.48. The maximum absolute atomic E-state index is 13.1. The van der Waals surface area contributed by atoms with Crippen molar-refractivity contribution in [1.29, 1.82) is 0 Å². The lowest BCUT2D eigenvalue weighted by molar-refractivity contribution is -0.125. The van der Waals surface area contributed by atoms with E-state index in [0.717, 1.165) is 11.1 Å². The molecular weight excluding hydrogens is 462 g/mol. The number of nitrogens with one attached hydrogen (secondary N) is 3. The molecule has 0 spiro atoms. The second-order valence-electron chi connectivity index (χ2n) is 8.70. The molecule has 35 heavy (non-hydrogen) atoms. The fourth-order valence-electron chi connectivity index (χ4n) is 4.42. The van der Waals surface area contributed by atoms with Gasteiger partial charge in [-0.15, -0.1) is 0 Å². The number of sulfonamides is 1. The Morgan fingerprint density at radius 2 is 1.54 bits per heavy atom. The van der Waals surface area contributed by atoms with Crippen LogP contribution >= 0.6 is 0 Å². The lowest BCUT2D eigenvalue weighted by Crippen LogP contribution is -2.52. The van der Waals surface area contributed by atoms with Crippen LogP contribution in [0.4, 0.5) is 0 Å². The molecular formula is C27H31N3O4S. The molecule has 3 aromatic carbocycles. The van der Waals surface area contributed by atoms with Gasteiger partial charge in [-0.3, -0.25) is 4.79 Å². The first kappa shape index (κ1) is 24.9. The van der Waals surface area contributed by atoms with E-state index in [1.54, 1.807) is 12.1 Å². The van der Waals surface area contributed by atoms with E-state index in [4.69, 9.17) is 4.74 Å². The van der Waals surface area contributed by atoms with Gasteiger partial charge in [0.25, 0.3) is 0 Å². The summed E-state index contributed by atoms with van der Waals surface area (Å²) in [5.74, 6) is 0.203. The molecule has 184 valence electrons. The SMILES string of the molecule is COc1ccc(S(=O)(=O)N[C@H]2CNC[C@@H](C(=O)NCC(c3ccccc3)c3ccccc3)C2)cc1. The number of hydrogen-bond acceptors (Lipinski definition) is 5. The first-order valence-corrected chi connectivity index (χ1v) is 13.2. The van der Waals surface area contributed by atoms with Crippen molar-refractivity contribution < 1.29 is 17.9 Å². The second kappa shape index (κ2) is 11.5. The summed E-state index contributed by atoms with van der Waals surface area (Å²) >= 11 is 0. The van der Waals surface area contributed by atoms with Crippen molar-refractivity contribution in [3.05, 3.63) is 96.1 Å². The van der Waals surface area contributed by atoms with Crippen LogP contribution in [0.2, 0.25) is 0 Å². The fraction of sp³-hybridized carbons (Fsp3) is 0.296. The number of ether oxygens (including phenoxy) is 1. The van der Waals surface area contributed by atoms with Crippen LogP contribution in [-0.2, 0) is 14.8 Å². The molecule has 0 unspecified atom stereocenters. The maximum Gasteiger partial charge on any atom is 0.240 e. The van der Waals surface area contributed by atoms with Crippen LogP contribution in [-0.4, -0.2) is 47.1 Å². The number of amides is 1. The Labute approximate surface area is 207 Å². The van der Waals surface area contributed by atoms with Gasteiger partial charge in [-0.1, -0.05) is 60.7 Å². The molecule has 1 saturated heterocycles. The van der Waals surface area contributed by atoms with Gasteiger partial charge >= 0.3 is 0 Å². The van der Waals surface area contributed by atoms with Gasteiger partial charge < -0.3 is 15.4 Å². The highest BCUT2D eigenvalue weighted by Crippen LogP contribution is 2.24. The molecule has 0 aliphatic carbocycles. The van der Waals surface area contributed by atoms with Crippen molar-refractivity contribution in [2.75, 3.05) is 26.7 Å². The molecule has 0 saturated carbocycles. The molecule has 2 atom stereocenters. The number of benzene rings is 3. The van der Waals surface area contributed by atoms with Gasteiger partial charge in [-0.05, 0) is 41.8 Å². The summed E-state index contributed by atoms with van der Waals surface area (Å²) in [6, 6.07) is 26.1. The van der Waals surface area contributed by atoms with Crippen LogP contribution in [0.1, 0.15) is 23.5 Å². The minimum Gasteiger partial charge on any atom is -0.497 e. The number of rotatable bonds is 9. The lowest BCUT2D eigenvalue weighted by atomic mass is 9.90. The quantitative estimate of drug-likeness (QED) is 0.426. The summed E-state index contributed by atoms with van der Waals surface area (Å²) in [4.78, 5) is 13.2. The predicted octanol–water partition coefficient (Wildman–Crippen LogP) is 2.90. The van der Waals surface area contributed by atoms with Gasteiger partial charge in [-0.2, -0.15) is 0 Å². The van der Waals surface area contributed by atoms with Crippen molar-refractivity contribution in [2.45, 2.75) is 23.3 Å². The van der Waals surface area contributed by atoms with Gasteiger partial charge in [0.05, 0.1) is 17.9 Å². The van der Waals surface area contributed by atoms with Crippen molar-refractivity contribution in [2.24, 2.45) is 5.92 Å². The second-order valence-corrected chi connectivity index (χ2v) is 10.4. The molecule has 1 aliphatic heterocycles. The van der Waals surface area contributed by atoms with Crippen molar-refractivity contribution in [1.82, 2.24) is 15.4 Å². The molecule has 0 radical (unpaired) electrons. The third-order valence-corrected chi connectivity index (χ3v) is 7.83. The Morgan fingerprint density at radius 1 is 0.943 bits per heavy atom. The lowest BCUT2D eigenvalue weighted by Gasteiger charge is -2.30. The topological polar surface area (TPSA) is 96.5 Å². The van der Waals surface area contributed by atoms with Crippen molar-refractivity contribution in [3.8, 4) is 5.75 Å². The van der Waals surface area contributed by atoms with Gasteiger partial charge in [0.1, 0.15) is 5.75 Å². The average Bonchev–Trinajstić information content (AvgIpc) is 2.90. The molecule has 8 heteroatoms. The summed E-state index contributed by atoms with van der Waals surface area (Å²) in [5, 5.41) is 6.31. The number of hydrogen-bond donors (Lipinski definition) is 3. The molecule has 0 aromatic heterocycles. The summed E-state index contributed by atoms with van der Waals surface area (Å²) < 4.78 is 33.5. The Morgan fingerprint density at radius 3 is 2.11 bits per heavy atom. The zero-order valence-corrected chi connectivity index (χ0v) is 20.5. The van der Waals surface area contributed by atoms with Crippen LogP contribution in [0, 0.1) is 5.92 Å². The molecule has 7 nitrogen and oxygen atoms in total. The highest BCUT2D eigenvalue weighted by molar-refractivity contribution is 7.89. The van der Waals surface area contributed by atoms with E-state index in [1.807, 2.05) is 36.4 Å². The minimum absolute atomic E-state index is 0.0299. The molecule has 1 aliphatic rings. The summed E-state index contributed by atoms with van der Waals surface area (Å²) in [7, 11) is -2.18. The van der Waals surface area contributed by atoms with Crippen molar-refractivity contribution in [3.63, 3.8) is 0 Å². The van der Waals surface area contributed by atoms with Gasteiger partial charge in [-0.25, -0.2) is 13.1 Å². The van der Waals surface area contributed by atoms with E-state index in [0.29, 0.717) is 31.8 Å². The monoisotopic (exact) mass is 493 g/mol. The van der Waals surface area contributed by atoms with Crippen LogP contribution in [0.25, 0.3) is 0 Å². The highest BCUT2D eigenvalue weighted by Gasteiger charge is 2.30. The molecule has 0 bridgehead atoms. The molecule has 1 fully saturated rings. The van der Waals surface area contributed by atoms with Crippen LogP contribution < -0.4 is 20.1 Å². The summed E-state index contributed by atoms with van der Waals surface area (Å²) in [5.41, 5.74) is 2.26. The molecule has 3 N–H and O–H groups in total. The predicted molar refractivity (Wildman–Crippen MR) is 136 cm³/mol. The van der Waals surface area contributed by atoms with Gasteiger partial charge in [0.15, 0.2) is 0 Å². The smallest absolute Gasteiger partial charge is 0.240 e. The number of carbonyl (C=O) groups excluding carboxylic acids is 1. The first-order valence-electron chi connectivity index (χ1n) is 11.7. The summed E-state index contributed by atoms with van der Waals surface area (Å²) in [6.45, 7) is 1.44. The zero-order valence-electron chi connectivity index (χ0n) is 19.7. The third-order valence-electron chi connectivity index (χ3n) is 6.30. The number of piperidine rings is 1. The standard InChI is InChI=1S/C27H31N3O4S/c1-34-24-12-14-25(15-13-24)35(32,33)30-23-16-22(17-28-18-23)27(31)29-19-26(20-8-4-2-5-9-20)21-10-6-3-7-11-21/h2-15,22-23,26,28,30H,16-19H2,1H3,(H,29,31)/t22-,23+/m0/s1. The largest absolute Gasteiger partial charge is 0.497 e. The van der Waals surface area contributed by atoms with E-state index in [2.05, 4.69) is 39.6 Å². The van der Waals surface area contributed by atoms with Crippen LogP contribution in [0.3, 0.4) is 0 Å². The molecule has 1 heterocycles. The summed E-state index contributed by atoms with van der Waals surface area (Å²) in [6.07, 6.45) is 0.426. The van der Waals surface area contributed by atoms with Crippen LogP contribution in [0.15, 0.2) is 89.8 Å². The molecule has 1 amide bonds. The Balaban J connectivity index is 1.38. The van der Waals surface area contributed by atoms with Gasteiger partial charge in [0, 0.05) is 31.6 Å². The van der Waals surface area contributed by atoms with E-state index >= 15 is 0 Å². The average molecular weight is 494 g/mol. The first-order chi connectivity index (χ1) is 17.0. The normalized spacial score (nSPS) is 18.2. The number of carbonyl (C=O) groups is 1. The maximum atomic E-state index is 13.1. The van der Waals surface area contributed by atoms with Gasteiger partial charge in [0.2, 0.25) is 15.9 Å².